The minimum atomic E-state index is -0.213. The standard InChI is InChI=1S/C25H24N8O/c34-25-31-22(20-14-26-10-11-32(20)25)23-27-12-16(13-28-23)17-6-7-18-24(30-17)33-19(8-9-21(33)29-18)15-4-2-1-3-5-15/h1-7,12-13,19-20,22,26H,8-11,14H2,(H,31,34). The van der Waals surface area contributed by atoms with Crippen molar-refractivity contribution in [1.82, 2.24) is 40.0 Å². The van der Waals surface area contributed by atoms with Gasteiger partial charge in [-0.15, -0.1) is 0 Å². The lowest BCUT2D eigenvalue weighted by atomic mass is 10.0. The van der Waals surface area contributed by atoms with E-state index in [0.717, 1.165) is 54.2 Å². The molecule has 0 aliphatic carbocycles. The fourth-order valence-corrected chi connectivity index (χ4v) is 5.53. The molecule has 7 rings (SSSR count). The van der Waals surface area contributed by atoms with Crippen molar-refractivity contribution in [3.05, 3.63) is 72.1 Å². The molecule has 0 spiro atoms. The first-order chi connectivity index (χ1) is 16.8. The Labute approximate surface area is 196 Å². The van der Waals surface area contributed by atoms with Crippen LogP contribution in [0, 0.1) is 0 Å². The van der Waals surface area contributed by atoms with Crippen LogP contribution in [0.4, 0.5) is 4.79 Å². The van der Waals surface area contributed by atoms with Gasteiger partial charge in [0.2, 0.25) is 0 Å². The van der Waals surface area contributed by atoms with Crippen molar-refractivity contribution in [1.29, 1.82) is 0 Å². The summed E-state index contributed by atoms with van der Waals surface area (Å²) in [7, 11) is 0. The minimum Gasteiger partial charge on any atom is -0.326 e. The number of piperazine rings is 1. The lowest BCUT2D eigenvalue weighted by Crippen LogP contribution is -2.50. The number of benzene rings is 1. The predicted octanol–water partition coefficient (Wildman–Crippen LogP) is 2.46. The maximum Gasteiger partial charge on any atom is 0.318 e. The molecule has 34 heavy (non-hydrogen) atoms. The van der Waals surface area contributed by atoms with Crippen LogP contribution in [0.3, 0.4) is 0 Å². The monoisotopic (exact) mass is 452 g/mol. The first-order valence-corrected chi connectivity index (χ1v) is 11.8. The number of rotatable bonds is 3. The highest BCUT2D eigenvalue weighted by Gasteiger charge is 2.42. The second-order valence-electron chi connectivity index (χ2n) is 9.12. The molecule has 0 radical (unpaired) electrons. The van der Waals surface area contributed by atoms with E-state index in [9.17, 15) is 4.79 Å². The first-order valence-electron chi connectivity index (χ1n) is 11.8. The quantitative estimate of drug-likeness (QED) is 0.495. The molecule has 3 aliphatic heterocycles. The number of carbonyl (C=O) groups excluding carboxylic acids is 1. The van der Waals surface area contributed by atoms with Crippen molar-refractivity contribution in [2.75, 3.05) is 19.6 Å². The van der Waals surface area contributed by atoms with E-state index in [-0.39, 0.29) is 24.2 Å². The number of nitrogens with zero attached hydrogens (tertiary/aromatic N) is 6. The Morgan fingerprint density at radius 2 is 1.85 bits per heavy atom. The molecule has 9 nitrogen and oxygen atoms in total. The normalized spacial score (nSPS) is 23.7. The van der Waals surface area contributed by atoms with Gasteiger partial charge in [0.05, 0.1) is 17.8 Å². The number of nitrogens with one attached hydrogen (secondary N) is 2. The van der Waals surface area contributed by atoms with E-state index >= 15 is 0 Å². The highest BCUT2D eigenvalue weighted by Crippen LogP contribution is 2.35. The summed E-state index contributed by atoms with van der Waals surface area (Å²) in [6, 6.07) is 14.6. The highest BCUT2D eigenvalue weighted by molar-refractivity contribution is 5.78. The van der Waals surface area contributed by atoms with E-state index in [4.69, 9.17) is 9.97 Å². The number of amides is 2. The van der Waals surface area contributed by atoms with Crippen LogP contribution in [0.2, 0.25) is 0 Å². The summed E-state index contributed by atoms with van der Waals surface area (Å²) in [4.78, 5) is 33.3. The molecule has 3 atom stereocenters. The molecule has 2 fully saturated rings. The number of urea groups is 1. The third-order valence-corrected chi connectivity index (χ3v) is 7.20. The first kappa shape index (κ1) is 19.6. The summed E-state index contributed by atoms with van der Waals surface area (Å²) in [5.74, 6) is 1.71. The summed E-state index contributed by atoms with van der Waals surface area (Å²) >= 11 is 0. The van der Waals surface area contributed by atoms with Crippen LogP contribution in [-0.2, 0) is 6.42 Å². The second-order valence-corrected chi connectivity index (χ2v) is 9.12. The van der Waals surface area contributed by atoms with Gasteiger partial charge in [0, 0.05) is 44.0 Å². The highest BCUT2D eigenvalue weighted by atomic mass is 16.2. The predicted molar refractivity (Wildman–Crippen MR) is 126 cm³/mol. The average Bonchev–Trinajstić information content (AvgIpc) is 3.57. The number of hydrogen-bond acceptors (Lipinski definition) is 6. The maximum absolute atomic E-state index is 12.3. The number of aryl methyl sites for hydroxylation is 1. The van der Waals surface area contributed by atoms with Crippen LogP contribution in [0.25, 0.3) is 22.4 Å². The van der Waals surface area contributed by atoms with Crippen molar-refractivity contribution in [3.63, 3.8) is 0 Å². The summed E-state index contributed by atoms with van der Waals surface area (Å²) in [6.45, 7) is 2.25. The second kappa shape index (κ2) is 7.59. The Morgan fingerprint density at radius 3 is 2.71 bits per heavy atom. The largest absolute Gasteiger partial charge is 0.326 e. The summed E-state index contributed by atoms with van der Waals surface area (Å²) in [5.41, 5.74) is 4.76. The fraction of sp³-hybridized carbons (Fsp3) is 0.320. The van der Waals surface area contributed by atoms with E-state index in [1.165, 1.54) is 5.56 Å². The lowest BCUT2D eigenvalue weighted by molar-refractivity contribution is 0.186. The summed E-state index contributed by atoms with van der Waals surface area (Å²) in [6.07, 6.45) is 5.59. The van der Waals surface area contributed by atoms with Crippen molar-refractivity contribution in [2.24, 2.45) is 0 Å². The van der Waals surface area contributed by atoms with Crippen molar-refractivity contribution in [2.45, 2.75) is 31.0 Å². The molecule has 2 saturated heterocycles. The fourth-order valence-electron chi connectivity index (χ4n) is 5.53. The Hall–Kier alpha value is -3.85. The van der Waals surface area contributed by atoms with Crippen LogP contribution in [0.15, 0.2) is 54.9 Å². The topological polar surface area (TPSA) is 101 Å². The van der Waals surface area contributed by atoms with Gasteiger partial charge in [-0.05, 0) is 24.1 Å². The van der Waals surface area contributed by atoms with E-state index in [0.29, 0.717) is 12.4 Å². The van der Waals surface area contributed by atoms with Crippen LogP contribution >= 0.6 is 0 Å². The molecule has 0 bridgehead atoms. The summed E-state index contributed by atoms with van der Waals surface area (Å²) < 4.78 is 2.28. The third-order valence-electron chi connectivity index (χ3n) is 7.20. The number of pyridine rings is 1. The van der Waals surface area contributed by atoms with Gasteiger partial charge in [-0.25, -0.2) is 24.7 Å². The van der Waals surface area contributed by atoms with Gasteiger partial charge in [0.1, 0.15) is 17.4 Å². The molecule has 2 N–H and O–H groups in total. The Bertz CT molecular complexity index is 1380. The molecular weight excluding hydrogens is 428 g/mol. The summed E-state index contributed by atoms with van der Waals surface area (Å²) in [5, 5.41) is 6.39. The number of hydrogen-bond donors (Lipinski definition) is 2. The smallest absolute Gasteiger partial charge is 0.318 e. The van der Waals surface area contributed by atoms with Crippen LogP contribution < -0.4 is 10.6 Å². The van der Waals surface area contributed by atoms with Crippen LogP contribution in [-0.4, -0.2) is 61.1 Å². The van der Waals surface area contributed by atoms with Crippen LogP contribution in [0.1, 0.15) is 35.7 Å². The van der Waals surface area contributed by atoms with Gasteiger partial charge in [0.15, 0.2) is 11.5 Å². The van der Waals surface area contributed by atoms with Gasteiger partial charge >= 0.3 is 6.03 Å². The number of carbonyl (C=O) groups is 1. The van der Waals surface area contributed by atoms with Gasteiger partial charge in [-0.1, -0.05) is 30.3 Å². The van der Waals surface area contributed by atoms with E-state index in [1.807, 2.05) is 23.1 Å². The maximum atomic E-state index is 12.3. The van der Waals surface area contributed by atoms with Crippen molar-refractivity contribution in [3.8, 4) is 11.3 Å². The van der Waals surface area contributed by atoms with Crippen LogP contribution in [0.5, 0.6) is 0 Å². The Balaban J connectivity index is 1.22. The SMILES string of the molecule is O=C1NC(c2ncc(-c3ccc4nc5n(c4n3)C(c3ccccc3)CC5)cn2)C2CNCCN12. The van der Waals surface area contributed by atoms with Gasteiger partial charge in [-0.2, -0.15) is 0 Å². The van der Waals surface area contributed by atoms with E-state index < -0.39 is 0 Å². The molecular formula is C25H24N8O. The Morgan fingerprint density at radius 1 is 1.00 bits per heavy atom. The molecule has 4 aromatic rings. The number of fused-ring (bicyclic) bond motifs is 4. The molecule has 3 unspecified atom stereocenters. The zero-order valence-corrected chi connectivity index (χ0v) is 18.6. The minimum absolute atomic E-state index is 0.0332. The average molecular weight is 453 g/mol. The molecule has 2 amide bonds. The Kier molecular flexibility index (Phi) is 4.38. The van der Waals surface area contributed by atoms with E-state index in [2.05, 4.69) is 49.4 Å². The van der Waals surface area contributed by atoms with Gasteiger partial charge in [-0.3, -0.25) is 0 Å². The molecule has 3 aliphatic rings. The zero-order valence-electron chi connectivity index (χ0n) is 18.6. The molecule has 170 valence electrons. The van der Waals surface area contributed by atoms with Crippen molar-refractivity contribution >= 4 is 17.2 Å². The third kappa shape index (κ3) is 3.00. The molecule has 3 aromatic heterocycles. The number of imidazole rings is 1. The molecule has 9 heteroatoms. The molecule has 6 heterocycles. The zero-order chi connectivity index (χ0) is 22.6. The van der Waals surface area contributed by atoms with Gasteiger partial charge in [0.25, 0.3) is 0 Å². The van der Waals surface area contributed by atoms with E-state index in [1.54, 1.807) is 12.4 Å². The molecule has 0 saturated carbocycles. The van der Waals surface area contributed by atoms with Crippen molar-refractivity contribution < 1.29 is 4.79 Å². The lowest BCUT2D eigenvalue weighted by Gasteiger charge is -2.30. The van der Waals surface area contributed by atoms with Gasteiger partial charge < -0.3 is 20.1 Å². The molecule has 1 aromatic carbocycles. The number of aromatic nitrogens is 5.